The Morgan fingerprint density at radius 2 is 1.57 bits per heavy atom. The van der Waals surface area contributed by atoms with E-state index in [1.165, 1.54) is 5.69 Å². The van der Waals surface area contributed by atoms with Gasteiger partial charge in [-0.3, -0.25) is 4.79 Å². The number of likely N-dealkylation sites (N-methyl/N-ethyl adjacent to an activating group) is 1. The van der Waals surface area contributed by atoms with Gasteiger partial charge in [-0.05, 0) is 60.0 Å². The summed E-state index contributed by atoms with van der Waals surface area (Å²) in [5, 5.41) is 4.04. The molecule has 1 aliphatic heterocycles. The second-order valence-electron chi connectivity index (χ2n) is 9.54. The molecule has 0 aromatic heterocycles. The Morgan fingerprint density at radius 3 is 2.40 bits per heavy atom. The monoisotopic (exact) mass is 466 g/mol. The number of hydrogen-bond donors (Lipinski definition) is 0. The van der Waals surface area contributed by atoms with E-state index in [0.29, 0.717) is 6.61 Å². The highest BCUT2D eigenvalue weighted by molar-refractivity contribution is 6.22. The van der Waals surface area contributed by atoms with E-state index < -0.39 is 0 Å². The molecule has 4 nitrogen and oxygen atoms in total. The van der Waals surface area contributed by atoms with Gasteiger partial charge >= 0.3 is 0 Å². The predicted molar refractivity (Wildman–Crippen MR) is 146 cm³/mol. The van der Waals surface area contributed by atoms with E-state index in [9.17, 15) is 4.79 Å². The number of anilines is 1. The number of ketones is 1. The summed E-state index contributed by atoms with van der Waals surface area (Å²) in [7, 11) is 2.17. The van der Waals surface area contributed by atoms with Crippen LogP contribution in [-0.2, 0) is 0 Å². The minimum Gasteiger partial charge on any atom is -0.493 e. The molecule has 0 N–H and O–H groups in total. The van der Waals surface area contributed by atoms with Gasteiger partial charge in [0.2, 0.25) is 0 Å². The standard InChI is InChI=1S/C31H34N2O2/c1-3-4-7-21-35-30-16-15-28(31(34)27-12-8-10-23-9-5-6-11-25(23)27)29-22-24(13-14-26(29)30)33-19-17-32(2)18-20-33/h5-6,8-16,22H,3-4,7,17-21H2,1-2H3. The van der Waals surface area contributed by atoms with Crippen LogP contribution < -0.4 is 9.64 Å². The molecule has 0 spiro atoms. The number of fused-ring (bicyclic) bond motifs is 2. The van der Waals surface area contributed by atoms with Gasteiger partial charge in [0.15, 0.2) is 5.78 Å². The largest absolute Gasteiger partial charge is 0.493 e. The van der Waals surface area contributed by atoms with Crippen molar-refractivity contribution in [3.63, 3.8) is 0 Å². The Morgan fingerprint density at radius 1 is 0.800 bits per heavy atom. The molecule has 1 fully saturated rings. The van der Waals surface area contributed by atoms with Crippen molar-refractivity contribution >= 4 is 33.0 Å². The van der Waals surface area contributed by atoms with Crippen LogP contribution in [-0.4, -0.2) is 50.5 Å². The fourth-order valence-electron chi connectivity index (χ4n) is 5.00. The third-order valence-electron chi connectivity index (χ3n) is 7.11. The van der Waals surface area contributed by atoms with E-state index in [1.54, 1.807) is 0 Å². The van der Waals surface area contributed by atoms with Gasteiger partial charge in [-0.25, -0.2) is 0 Å². The SMILES string of the molecule is CCCCCOc1ccc(C(=O)c2cccc3ccccc23)c2cc(N3CCN(C)CC3)ccc12. The fraction of sp³-hybridized carbons (Fsp3) is 0.323. The van der Waals surface area contributed by atoms with Crippen LogP contribution in [0, 0.1) is 0 Å². The number of piperazine rings is 1. The summed E-state index contributed by atoms with van der Waals surface area (Å²) in [6.45, 7) is 6.95. The van der Waals surface area contributed by atoms with Crippen molar-refractivity contribution in [3.8, 4) is 5.75 Å². The minimum absolute atomic E-state index is 0.0554. The summed E-state index contributed by atoms with van der Waals surface area (Å²) in [5.41, 5.74) is 2.64. The van der Waals surface area contributed by atoms with E-state index in [0.717, 1.165) is 83.9 Å². The van der Waals surface area contributed by atoms with Crippen molar-refractivity contribution in [2.45, 2.75) is 26.2 Å². The summed E-state index contributed by atoms with van der Waals surface area (Å²) >= 11 is 0. The van der Waals surface area contributed by atoms with E-state index >= 15 is 0 Å². The van der Waals surface area contributed by atoms with Gasteiger partial charge in [0.1, 0.15) is 5.75 Å². The number of carbonyl (C=O) groups is 1. The first-order valence-corrected chi connectivity index (χ1v) is 12.8. The molecule has 4 heteroatoms. The Balaban J connectivity index is 1.58. The minimum atomic E-state index is 0.0554. The highest BCUT2D eigenvalue weighted by atomic mass is 16.5. The van der Waals surface area contributed by atoms with Gasteiger partial charge in [0.25, 0.3) is 0 Å². The van der Waals surface area contributed by atoms with Gasteiger partial charge < -0.3 is 14.5 Å². The molecule has 4 aromatic rings. The number of unbranched alkanes of at least 4 members (excludes halogenated alkanes) is 2. The number of rotatable bonds is 8. The molecule has 180 valence electrons. The van der Waals surface area contributed by atoms with E-state index in [-0.39, 0.29) is 5.78 Å². The van der Waals surface area contributed by atoms with Crippen LogP contribution in [0.1, 0.15) is 42.1 Å². The molecule has 1 saturated heterocycles. The topological polar surface area (TPSA) is 32.8 Å². The predicted octanol–water partition coefficient (Wildman–Crippen LogP) is 6.54. The Kier molecular flexibility index (Phi) is 7.01. The van der Waals surface area contributed by atoms with Crippen LogP contribution in [0.15, 0.2) is 72.8 Å². The van der Waals surface area contributed by atoms with Crippen molar-refractivity contribution in [1.29, 1.82) is 0 Å². The quantitative estimate of drug-likeness (QED) is 0.218. The van der Waals surface area contributed by atoms with Crippen LogP contribution in [0.25, 0.3) is 21.5 Å². The first kappa shape index (κ1) is 23.4. The number of carbonyl (C=O) groups excluding carboxylic acids is 1. The van der Waals surface area contributed by atoms with Crippen molar-refractivity contribution < 1.29 is 9.53 Å². The van der Waals surface area contributed by atoms with Gasteiger partial charge in [-0.2, -0.15) is 0 Å². The maximum atomic E-state index is 14.0. The maximum Gasteiger partial charge on any atom is 0.194 e. The van der Waals surface area contributed by atoms with Crippen LogP contribution in [0.5, 0.6) is 5.75 Å². The molecule has 0 saturated carbocycles. The lowest BCUT2D eigenvalue weighted by atomic mass is 9.93. The van der Waals surface area contributed by atoms with E-state index in [2.05, 4.69) is 54.1 Å². The zero-order valence-corrected chi connectivity index (χ0v) is 20.8. The van der Waals surface area contributed by atoms with E-state index in [1.807, 2.05) is 42.5 Å². The molecule has 4 aromatic carbocycles. The normalized spacial score (nSPS) is 14.5. The number of ether oxygens (including phenoxy) is 1. The van der Waals surface area contributed by atoms with Crippen molar-refractivity contribution in [1.82, 2.24) is 4.90 Å². The lowest BCUT2D eigenvalue weighted by molar-refractivity contribution is 0.104. The number of hydrogen-bond acceptors (Lipinski definition) is 4. The van der Waals surface area contributed by atoms with Crippen LogP contribution in [0.4, 0.5) is 5.69 Å². The smallest absolute Gasteiger partial charge is 0.194 e. The first-order valence-electron chi connectivity index (χ1n) is 12.8. The molecular weight excluding hydrogens is 432 g/mol. The van der Waals surface area contributed by atoms with Crippen LogP contribution in [0.3, 0.4) is 0 Å². The Bertz CT molecular complexity index is 1330. The lowest BCUT2D eigenvalue weighted by Crippen LogP contribution is -2.44. The average molecular weight is 467 g/mol. The van der Waals surface area contributed by atoms with Crippen LogP contribution in [0.2, 0.25) is 0 Å². The third kappa shape index (κ3) is 4.89. The van der Waals surface area contributed by atoms with Crippen molar-refractivity contribution in [2.75, 3.05) is 44.7 Å². The molecule has 0 bridgehead atoms. The van der Waals surface area contributed by atoms with Gasteiger partial charge in [0, 0.05) is 48.4 Å². The second-order valence-corrected chi connectivity index (χ2v) is 9.54. The number of benzene rings is 4. The third-order valence-corrected chi connectivity index (χ3v) is 7.11. The molecule has 0 aliphatic carbocycles. The van der Waals surface area contributed by atoms with Gasteiger partial charge in [-0.1, -0.05) is 62.2 Å². The molecule has 0 amide bonds. The molecule has 1 aliphatic rings. The number of nitrogens with zero attached hydrogens (tertiary/aromatic N) is 2. The van der Waals surface area contributed by atoms with Gasteiger partial charge in [0.05, 0.1) is 6.61 Å². The maximum absolute atomic E-state index is 14.0. The molecular formula is C31H34N2O2. The average Bonchev–Trinajstić information content (AvgIpc) is 2.90. The second kappa shape index (κ2) is 10.5. The summed E-state index contributed by atoms with van der Waals surface area (Å²) in [6.07, 6.45) is 3.36. The molecule has 35 heavy (non-hydrogen) atoms. The highest BCUT2D eigenvalue weighted by Crippen LogP contribution is 2.34. The first-order chi connectivity index (χ1) is 17.2. The van der Waals surface area contributed by atoms with Crippen molar-refractivity contribution in [3.05, 3.63) is 83.9 Å². The van der Waals surface area contributed by atoms with Gasteiger partial charge in [-0.15, -0.1) is 0 Å². The highest BCUT2D eigenvalue weighted by Gasteiger charge is 2.20. The molecule has 1 heterocycles. The summed E-state index contributed by atoms with van der Waals surface area (Å²) < 4.78 is 6.20. The molecule has 0 radical (unpaired) electrons. The zero-order chi connectivity index (χ0) is 24.2. The van der Waals surface area contributed by atoms with Crippen molar-refractivity contribution in [2.24, 2.45) is 0 Å². The molecule has 0 unspecified atom stereocenters. The summed E-state index contributed by atoms with van der Waals surface area (Å²) in [4.78, 5) is 18.7. The fourth-order valence-corrected chi connectivity index (χ4v) is 5.00. The Labute approximate surface area is 208 Å². The molecule has 0 atom stereocenters. The summed E-state index contributed by atoms with van der Waals surface area (Å²) in [6, 6.07) is 24.5. The van der Waals surface area contributed by atoms with E-state index in [4.69, 9.17) is 4.74 Å². The lowest BCUT2D eigenvalue weighted by Gasteiger charge is -2.34. The summed E-state index contributed by atoms with van der Waals surface area (Å²) in [5.74, 6) is 0.912. The zero-order valence-electron chi connectivity index (χ0n) is 20.8. The molecule has 5 rings (SSSR count). The van der Waals surface area contributed by atoms with Crippen LogP contribution >= 0.6 is 0 Å². The Hall–Kier alpha value is -3.37.